The zero-order valence-corrected chi connectivity index (χ0v) is 6.93. The predicted octanol–water partition coefficient (Wildman–Crippen LogP) is 0.853. The van der Waals surface area contributed by atoms with Crippen LogP contribution in [0.1, 0.15) is 25.7 Å². The highest BCUT2D eigenvalue weighted by Gasteiger charge is 2.31. The summed E-state index contributed by atoms with van der Waals surface area (Å²) in [5.41, 5.74) is -0.358. The zero-order valence-electron chi connectivity index (χ0n) is 6.93. The van der Waals surface area contributed by atoms with Crippen LogP contribution >= 0.6 is 0 Å². The highest BCUT2D eigenvalue weighted by molar-refractivity contribution is 4.85. The number of aliphatic hydroxyl groups is 1. The van der Waals surface area contributed by atoms with E-state index in [4.69, 9.17) is 0 Å². The molecule has 0 aromatic rings. The van der Waals surface area contributed by atoms with Gasteiger partial charge in [-0.3, -0.25) is 0 Å². The minimum atomic E-state index is -0.358. The third kappa shape index (κ3) is 1.96. The van der Waals surface area contributed by atoms with E-state index < -0.39 is 0 Å². The highest BCUT2D eigenvalue weighted by atomic mass is 16.3. The number of nitrogens with zero attached hydrogens (tertiary/aromatic N) is 1. The third-order valence-corrected chi connectivity index (χ3v) is 2.14. The number of hydrogen-bond acceptors (Lipinski definition) is 2. The summed E-state index contributed by atoms with van der Waals surface area (Å²) in [5, 5.41) is 9.82. The van der Waals surface area contributed by atoms with E-state index in [1.165, 1.54) is 12.8 Å². The molecule has 0 saturated heterocycles. The van der Waals surface area contributed by atoms with E-state index in [2.05, 4.69) is 4.90 Å². The van der Waals surface area contributed by atoms with Gasteiger partial charge in [-0.15, -0.1) is 0 Å². The summed E-state index contributed by atoms with van der Waals surface area (Å²) in [6, 6.07) is 0. The topological polar surface area (TPSA) is 23.5 Å². The van der Waals surface area contributed by atoms with Crippen molar-refractivity contribution in [1.82, 2.24) is 4.90 Å². The molecule has 2 heteroatoms. The van der Waals surface area contributed by atoms with Crippen LogP contribution in [-0.4, -0.2) is 36.2 Å². The van der Waals surface area contributed by atoms with E-state index in [1.54, 1.807) is 0 Å². The van der Waals surface area contributed by atoms with E-state index in [1.807, 2.05) is 14.1 Å². The van der Waals surface area contributed by atoms with E-state index in [0.717, 1.165) is 19.4 Å². The molecule has 0 aromatic heterocycles. The smallest absolute Gasteiger partial charge is 0.0773 e. The first-order valence-corrected chi connectivity index (χ1v) is 3.99. The van der Waals surface area contributed by atoms with Crippen LogP contribution in [0.25, 0.3) is 0 Å². The first-order valence-electron chi connectivity index (χ1n) is 3.99. The summed E-state index contributed by atoms with van der Waals surface area (Å²) in [6.45, 7) is 0.826. The molecule has 1 saturated carbocycles. The van der Waals surface area contributed by atoms with E-state index in [9.17, 15) is 5.11 Å². The van der Waals surface area contributed by atoms with Gasteiger partial charge in [0.15, 0.2) is 0 Å². The third-order valence-electron chi connectivity index (χ3n) is 2.14. The molecule has 1 N–H and O–H groups in total. The minimum Gasteiger partial charge on any atom is -0.389 e. The van der Waals surface area contributed by atoms with Gasteiger partial charge >= 0.3 is 0 Å². The molecule has 1 fully saturated rings. The molecule has 0 bridgehead atoms. The van der Waals surface area contributed by atoms with Crippen molar-refractivity contribution in [3.8, 4) is 0 Å². The standard InChI is InChI=1S/C8H17NO/c1-9(2)7-8(10)5-3-4-6-8/h10H,3-7H2,1-2H3. The maximum absolute atomic E-state index is 9.82. The van der Waals surface area contributed by atoms with Crippen LogP contribution in [0, 0.1) is 0 Å². The first-order chi connectivity index (χ1) is 4.62. The van der Waals surface area contributed by atoms with Gasteiger partial charge in [-0.2, -0.15) is 0 Å². The normalized spacial score (nSPS) is 24.0. The molecule has 0 radical (unpaired) electrons. The lowest BCUT2D eigenvalue weighted by atomic mass is 10.0. The van der Waals surface area contributed by atoms with Gasteiger partial charge in [0.25, 0.3) is 0 Å². The average Bonchev–Trinajstić information content (AvgIpc) is 2.12. The second-order valence-corrected chi connectivity index (χ2v) is 3.67. The van der Waals surface area contributed by atoms with Crippen LogP contribution in [0.5, 0.6) is 0 Å². The second kappa shape index (κ2) is 2.89. The molecule has 0 amide bonds. The molecule has 2 nitrogen and oxygen atoms in total. The van der Waals surface area contributed by atoms with Gasteiger partial charge in [-0.25, -0.2) is 0 Å². The Hall–Kier alpha value is -0.0800. The van der Waals surface area contributed by atoms with E-state index in [-0.39, 0.29) is 5.60 Å². The Bertz CT molecular complexity index is 106. The Kier molecular flexibility index (Phi) is 2.32. The lowest BCUT2D eigenvalue weighted by molar-refractivity contribution is 0.0225. The van der Waals surface area contributed by atoms with Crippen molar-refractivity contribution in [3.63, 3.8) is 0 Å². The molecule has 0 aromatic carbocycles. The van der Waals surface area contributed by atoms with Crippen LogP contribution in [0.2, 0.25) is 0 Å². The molecule has 10 heavy (non-hydrogen) atoms. The summed E-state index contributed by atoms with van der Waals surface area (Å²) < 4.78 is 0. The average molecular weight is 143 g/mol. The van der Waals surface area contributed by atoms with Gasteiger partial charge in [-0.1, -0.05) is 12.8 Å². The molecule has 0 heterocycles. The molecule has 60 valence electrons. The van der Waals surface area contributed by atoms with Crippen LogP contribution in [-0.2, 0) is 0 Å². The molecular weight excluding hydrogens is 126 g/mol. The number of rotatable bonds is 2. The fraction of sp³-hybridized carbons (Fsp3) is 1.00. The summed E-state index contributed by atoms with van der Waals surface area (Å²) in [7, 11) is 4.02. The van der Waals surface area contributed by atoms with Crippen molar-refractivity contribution < 1.29 is 5.11 Å². The van der Waals surface area contributed by atoms with E-state index in [0.29, 0.717) is 0 Å². The molecule has 1 aliphatic carbocycles. The fourth-order valence-corrected chi connectivity index (χ4v) is 1.78. The Morgan fingerprint density at radius 1 is 1.30 bits per heavy atom. The van der Waals surface area contributed by atoms with Crippen LogP contribution in [0.4, 0.5) is 0 Å². The highest BCUT2D eigenvalue weighted by Crippen LogP contribution is 2.29. The zero-order chi connectivity index (χ0) is 7.61. The van der Waals surface area contributed by atoms with Gasteiger partial charge < -0.3 is 10.0 Å². The summed E-state index contributed by atoms with van der Waals surface area (Å²) in [4.78, 5) is 2.06. The van der Waals surface area contributed by atoms with Crippen molar-refractivity contribution >= 4 is 0 Å². The number of likely N-dealkylation sites (N-methyl/N-ethyl adjacent to an activating group) is 1. The van der Waals surface area contributed by atoms with Crippen molar-refractivity contribution in [2.45, 2.75) is 31.3 Å². The van der Waals surface area contributed by atoms with Crippen molar-refractivity contribution in [2.24, 2.45) is 0 Å². The summed E-state index contributed by atoms with van der Waals surface area (Å²) >= 11 is 0. The maximum Gasteiger partial charge on any atom is 0.0773 e. The van der Waals surface area contributed by atoms with Gasteiger partial charge in [0.05, 0.1) is 5.60 Å². The lowest BCUT2D eigenvalue weighted by Gasteiger charge is -2.25. The molecule has 0 spiro atoms. The van der Waals surface area contributed by atoms with Crippen molar-refractivity contribution in [3.05, 3.63) is 0 Å². The maximum atomic E-state index is 9.82. The van der Waals surface area contributed by atoms with Crippen LogP contribution in [0.3, 0.4) is 0 Å². The fourth-order valence-electron chi connectivity index (χ4n) is 1.78. The molecule has 1 rings (SSSR count). The molecule has 0 atom stereocenters. The van der Waals surface area contributed by atoms with E-state index >= 15 is 0 Å². The summed E-state index contributed by atoms with van der Waals surface area (Å²) in [5.74, 6) is 0. The molecular formula is C8H17NO. The molecule has 0 aliphatic heterocycles. The van der Waals surface area contributed by atoms with Gasteiger partial charge in [-0.05, 0) is 26.9 Å². The van der Waals surface area contributed by atoms with Crippen LogP contribution < -0.4 is 0 Å². The Morgan fingerprint density at radius 3 is 2.20 bits per heavy atom. The monoisotopic (exact) mass is 143 g/mol. The molecule has 1 aliphatic rings. The predicted molar refractivity (Wildman–Crippen MR) is 42.0 cm³/mol. The van der Waals surface area contributed by atoms with Crippen LogP contribution in [0.15, 0.2) is 0 Å². The van der Waals surface area contributed by atoms with Crippen molar-refractivity contribution in [1.29, 1.82) is 0 Å². The minimum absolute atomic E-state index is 0.358. The van der Waals surface area contributed by atoms with Crippen molar-refractivity contribution in [2.75, 3.05) is 20.6 Å². The quantitative estimate of drug-likeness (QED) is 0.619. The Labute approximate surface area is 62.8 Å². The van der Waals surface area contributed by atoms with Gasteiger partial charge in [0.2, 0.25) is 0 Å². The Morgan fingerprint density at radius 2 is 1.80 bits per heavy atom. The SMILES string of the molecule is CN(C)CC1(O)CCCC1. The first kappa shape index (κ1) is 8.02. The Balaban J connectivity index is 2.36. The largest absolute Gasteiger partial charge is 0.389 e. The number of hydrogen-bond donors (Lipinski definition) is 1. The summed E-state index contributed by atoms with van der Waals surface area (Å²) in [6.07, 6.45) is 4.38. The molecule has 0 unspecified atom stereocenters. The lowest BCUT2D eigenvalue weighted by Crippen LogP contribution is -2.37. The second-order valence-electron chi connectivity index (χ2n) is 3.67. The van der Waals surface area contributed by atoms with Gasteiger partial charge in [0.1, 0.15) is 0 Å². The van der Waals surface area contributed by atoms with Gasteiger partial charge in [0, 0.05) is 6.54 Å².